The van der Waals surface area contributed by atoms with Crippen LogP contribution in [0.15, 0.2) is 53.4 Å². The van der Waals surface area contributed by atoms with Crippen molar-refractivity contribution in [1.29, 1.82) is 0 Å². The van der Waals surface area contributed by atoms with Crippen LogP contribution in [0, 0.1) is 0 Å². The molecule has 0 aromatic heterocycles. The summed E-state index contributed by atoms with van der Waals surface area (Å²) in [7, 11) is -7.42. The first-order valence-electron chi connectivity index (χ1n) is 6.02. The number of nitrogens with one attached hydrogen (secondary N) is 2. The molecule has 0 radical (unpaired) electrons. The van der Waals surface area contributed by atoms with E-state index in [2.05, 4.69) is 9.44 Å². The lowest BCUT2D eigenvalue weighted by molar-refractivity contribution is 0.600. The van der Waals surface area contributed by atoms with Crippen LogP contribution in [0.2, 0.25) is 5.02 Å². The number of hydrogen-bond acceptors (Lipinski definition) is 4. The van der Waals surface area contributed by atoms with Crippen LogP contribution in [0.25, 0.3) is 0 Å². The minimum atomic E-state index is -3.88. The number of anilines is 2. The maximum atomic E-state index is 12.3. The predicted octanol–water partition coefficient (Wildman–Crippen LogP) is 2.51. The van der Waals surface area contributed by atoms with E-state index >= 15 is 0 Å². The van der Waals surface area contributed by atoms with Crippen molar-refractivity contribution in [2.75, 3.05) is 15.7 Å². The van der Waals surface area contributed by atoms with Gasteiger partial charge in [0.1, 0.15) is 0 Å². The molecule has 9 heteroatoms. The monoisotopic (exact) mass is 360 g/mol. The third-order valence-electron chi connectivity index (χ3n) is 2.57. The topological polar surface area (TPSA) is 92.3 Å². The third kappa shape index (κ3) is 4.36. The van der Waals surface area contributed by atoms with E-state index in [9.17, 15) is 16.8 Å². The Kier molecular flexibility index (Phi) is 4.64. The van der Waals surface area contributed by atoms with Gasteiger partial charge >= 0.3 is 0 Å². The zero-order valence-corrected chi connectivity index (χ0v) is 13.8. The van der Waals surface area contributed by atoms with Gasteiger partial charge in [0.25, 0.3) is 10.0 Å². The van der Waals surface area contributed by atoms with Gasteiger partial charge in [0.05, 0.1) is 22.5 Å². The first-order valence-corrected chi connectivity index (χ1v) is 9.78. The summed E-state index contributed by atoms with van der Waals surface area (Å²) < 4.78 is 51.9. The van der Waals surface area contributed by atoms with Gasteiger partial charge in [-0.25, -0.2) is 16.8 Å². The highest BCUT2D eigenvalue weighted by Crippen LogP contribution is 2.25. The van der Waals surface area contributed by atoms with Crippen molar-refractivity contribution in [3.63, 3.8) is 0 Å². The van der Waals surface area contributed by atoms with Gasteiger partial charge in [-0.3, -0.25) is 9.44 Å². The van der Waals surface area contributed by atoms with Crippen molar-refractivity contribution < 1.29 is 16.8 Å². The Bertz CT molecular complexity index is 896. The highest BCUT2D eigenvalue weighted by Gasteiger charge is 2.17. The summed E-state index contributed by atoms with van der Waals surface area (Å²) >= 11 is 5.79. The molecule has 2 rings (SSSR count). The zero-order chi connectivity index (χ0) is 16.4. The van der Waals surface area contributed by atoms with Crippen LogP contribution in [0.3, 0.4) is 0 Å². The van der Waals surface area contributed by atoms with Crippen molar-refractivity contribution in [2.45, 2.75) is 4.90 Å². The van der Waals surface area contributed by atoms with Crippen LogP contribution >= 0.6 is 11.6 Å². The number of rotatable bonds is 5. The van der Waals surface area contributed by atoms with E-state index in [4.69, 9.17) is 11.6 Å². The van der Waals surface area contributed by atoms with Gasteiger partial charge in [0.15, 0.2) is 0 Å². The van der Waals surface area contributed by atoms with Crippen LogP contribution in [0.1, 0.15) is 0 Å². The Labute approximate surface area is 134 Å². The molecule has 0 unspecified atom stereocenters. The molecule has 0 heterocycles. The molecule has 2 aromatic rings. The lowest BCUT2D eigenvalue weighted by Gasteiger charge is -2.13. The van der Waals surface area contributed by atoms with Crippen molar-refractivity contribution in [1.82, 2.24) is 0 Å². The second-order valence-electron chi connectivity index (χ2n) is 4.48. The quantitative estimate of drug-likeness (QED) is 0.856. The lowest BCUT2D eigenvalue weighted by atomic mass is 10.3. The summed E-state index contributed by atoms with van der Waals surface area (Å²) in [5.74, 6) is 0. The number of benzene rings is 2. The van der Waals surface area contributed by atoms with E-state index in [0.717, 1.165) is 6.26 Å². The fourth-order valence-corrected chi connectivity index (χ4v) is 3.66. The van der Waals surface area contributed by atoms with E-state index < -0.39 is 20.0 Å². The molecule has 2 N–H and O–H groups in total. The summed E-state index contributed by atoms with van der Waals surface area (Å²) in [4.78, 5) is -0.0193. The number of sulfonamides is 2. The highest BCUT2D eigenvalue weighted by molar-refractivity contribution is 7.93. The van der Waals surface area contributed by atoms with Crippen molar-refractivity contribution in [2.24, 2.45) is 0 Å². The molecule has 22 heavy (non-hydrogen) atoms. The van der Waals surface area contributed by atoms with Gasteiger partial charge < -0.3 is 0 Å². The SMILES string of the molecule is CS(=O)(=O)Nc1ccccc1NS(=O)(=O)c1cccc(Cl)c1. The second-order valence-corrected chi connectivity index (χ2v) is 8.35. The van der Waals surface area contributed by atoms with Crippen molar-refractivity contribution >= 4 is 43.0 Å². The summed E-state index contributed by atoms with van der Waals surface area (Å²) in [5, 5.41) is 0.283. The van der Waals surface area contributed by atoms with Crippen LogP contribution in [-0.2, 0) is 20.0 Å². The van der Waals surface area contributed by atoms with Crippen molar-refractivity contribution in [3.8, 4) is 0 Å². The first kappa shape index (κ1) is 16.6. The van der Waals surface area contributed by atoms with E-state index in [1.54, 1.807) is 18.2 Å². The molecule has 0 aliphatic rings. The normalized spacial score (nSPS) is 11.9. The maximum Gasteiger partial charge on any atom is 0.262 e. The molecular formula is C13H13ClN2O4S2. The summed E-state index contributed by atoms with van der Waals surface area (Å²) in [6, 6.07) is 11.8. The fourth-order valence-electron chi connectivity index (χ4n) is 1.70. The van der Waals surface area contributed by atoms with E-state index in [1.165, 1.54) is 30.3 Å². The molecule has 0 amide bonds. The molecule has 0 atom stereocenters. The molecule has 0 aliphatic carbocycles. The van der Waals surface area contributed by atoms with Crippen molar-refractivity contribution in [3.05, 3.63) is 53.6 Å². The largest absolute Gasteiger partial charge is 0.282 e. The number of hydrogen-bond donors (Lipinski definition) is 2. The second kappa shape index (κ2) is 6.15. The van der Waals surface area contributed by atoms with E-state index in [1.807, 2.05) is 0 Å². The first-order chi connectivity index (χ1) is 10.2. The molecule has 6 nitrogen and oxygen atoms in total. The van der Waals surface area contributed by atoms with Gasteiger partial charge in [0, 0.05) is 5.02 Å². The molecule has 0 aliphatic heterocycles. The fraction of sp³-hybridized carbons (Fsp3) is 0.0769. The molecule has 0 saturated carbocycles. The van der Waals surface area contributed by atoms with Crippen LogP contribution in [-0.4, -0.2) is 23.1 Å². The molecule has 0 saturated heterocycles. The molecule has 2 aromatic carbocycles. The molecule has 0 bridgehead atoms. The standard InChI is InChI=1S/C13H13ClN2O4S2/c1-21(17,18)15-12-7-2-3-8-13(12)16-22(19,20)11-6-4-5-10(14)9-11/h2-9,15-16H,1H3. The average molecular weight is 361 g/mol. The predicted molar refractivity (Wildman–Crippen MR) is 87.2 cm³/mol. The smallest absolute Gasteiger partial charge is 0.262 e. The lowest BCUT2D eigenvalue weighted by Crippen LogP contribution is -2.16. The zero-order valence-electron chi connectivity index (χ0n) is 11.4. The molecule has 118 valence electrons. The van der Waals surface area contributed by atoms with Gasteiger partial charge in [-0.2, -0.15) is 0 Å². The summed E-state index contributed by atoms with van der Waals surface area (Å²) in [6.07, 6.45) is 0.981. The van der Waals surface area contributed by atoms with Gasteiger partial charge in [-0.05, 0) is 30.3 Å². The minimum absolute atomic E-state index is 0.0193. The van der Waals surface area contributed by atoms with Gasteiger partial charge in [-0.15, -0.1) is 0 Å². The van der Waals surface area contributed by atoms with Gasteiger partial charge in [-0.1, -0.05) is 29.8 Å². The third-order valence-corrected chi connectivity index (χ3v) is 4.76. The van der Waals surface area contributed by atoms with Crippen LogP contribution < -0.4 is 9.44 Å². The number of para-hydroxylation sites is 2. The summed E-state index contributed by atoms with van der Waals surface area (Å²) in [5.41, 5.74) is 0.253. The molecule has 0 fully saturated rings. The van der Waals surface area contributed by atoms with E-state index in [0.29, 0.717) is 0 Å². The minimum Gasteiger partial charge on any atom is -0.282 e. The summed E-state index contributed by atoms with van der Waals surface area (Å²) in [6.45, 7) is 0. The van der Waals surface area contributed by atoms with Gasteiger partial charge in [0.2, 0.25) is 10.0 Å². The maximum absolute atomic E-state index is 12.3. The molecule has 0 spiro atoms. The molecular weight excluding hydrogens is 348 g/mol. The van der Waals surface area contributed by atoms with Crippen LogP contribution in [0.5, 0.6) is 0 Å². The Hall–Kier alpha value is -1.77. The van der Waals surface area contributed by atoms with E-state index in [-0.39, 0.29) is 21.3 Å². The average Bonchev–Trinajstić information content (AvgIpc) is 2.39. The highest BCUT2D eigenvalue weighted by atomic mass is 35.5. The Morgan fingerprint density at radius 2 is 1.45 bits per heavy atom. The van der Waals surface area contributed by atoms with Crippen LogP contribution in [0.4, 0.5) is 11.4 Å². The Balaban J connectivity index is 2.38. The Morgan fingerprint density at radius 1 is 0.864 bits per heavy atom. The Morgan fingerprint density at radius 3 is 2.00 bits per heavy atom. The number of halogens is 1.